The fraction of sp³-hybridized carbons (Fsp3) is 0.250. The Morgan fingerprint density at radius 2 is 1.89 bits per heavy atom. The van der Waals surface area contributed by atoms with Gasteiger partial charge < -0.3 is 20.1 Å². The molecule has 1 aromatic carbocycles. The molecule has 190 valence electrons. The highest BCUT2D eigenvalue weighted by atomic mass is 35.5. The predicted octanol–water partition coefficient (Wildman–Crippen LogP) is 4.55. The number of ether oxygens (including phenoxy) is 1. The first-order chi connectivity index (χ1) is 17.1. The van der Waals surface area contributed by atoms with Crippen LogP contribution >= 0.6 is 11.6 Å². The van der Waals surface area contributed by atoms with Gasteiger partial charge in [-0.2, -0.15) is 13.2 Å². The van der Waals surface area contributed by atoms with E-state index >= 15 is 0 Å². The average Bonchev–Trinajstić information content (AvgIpc) is 2.85. The fourth-order valence-electron chi connectivity index (χ4n) is 3.33. The van der Waals surface area contributed by atoms with Crippen LogP contribution in [0.2, 0.25) is 5.02 Å². The van der Waals surface area contributed by atoms with E-state index in [1.165, 1.54) is 18.1 Å². The largest absolute Gasteiger partial charge is 0.454 e. The minimum atomic E-state index is -4.61. The number of aromatic nitrogens is 2. The summed E-state index contributed by atoms with van der Waals surface area (Å²) in [5.41, 5.74) is 0.0265. The Labute approximate surface area is 209 Å². The first-order valence-electron chi connectivity index (χ1n) is 10.7. The van der Waals surface area contributed by atoms with E-state index in [1.54, 1.807) is 24.3 Å². The number of pyridine rings is 2. The van der Waals surface area contributed by atoms with Crippen molar-refractivity contribution in [3.8, 4) is 11.5 Å². The second-order valence-electron chi connectivity index (χ2n) is 7.67. The van der Waals surface area contributed by atoms with Crippen molar-refractivity contribution < 1.29 is 32.6 Å². The van der Waals surface area contributed by atoms with Crippen LogP contribution < -0.4 is 10.1 Å². The second kappa shape index (κ2) is 11.8. The highest BCUT2D eigenvalue weighted by Gasteiger charge is 2.32. The van der Waals surface area contributed by atoms with Gasteiger partial charge in [0.2, 0.25) is 6.41 Å². The highest BCUT2D eigenvalue weighted by Crippen LogP contribution is 2.34. The van der Waals surface area contributed by atoms with Crippen LogP contribution in [-0.2, 0) is 17.4 Å². The topological polar surface area (TPSA) is 105 Å². The number of amides is 2. The van der Waals surface area contributed by atoms with Crippen LogP contribution in [0, 0.1) is 0 Å². The van der Waals surface area contributed by atoms with Gasteiger partial charge in [0.15, 0.2) is 0 Å². The number of alkyl halides is 3. The molecule has 0 saturated carbocycles. The number of nitrogens with one attached hydrogen (secondary N) is 1. The Kier molecular flexibility index (Phi) is 8.83. The number of nitrogens with zero attached hydrogens (tertiary/aromatic N) is 3. The number of aliphatic hydroxyl groups is 1. The van der Waals surface area contributed by atoms with Gasteiger partial charge in [-0.05, 0) is 36.2 Å². The van der Waals surface area contributed by atoms with Gasteiger partial charge in [0.25, 0.3) is 5.91 Å². The molecular formula is C24H22ClF3N4O4. The molecule has 3 rings (SSSR count). The van der Waals surface area contributed by atoms with E-state index in [-0.39, 0.29) is 42.5 Å². The number of rotatable bonds is 10. The smallest absolute Gasteiger partial charge is 0.433 e. The highest BCUT2D eigenvalue weighted by molar-refractivity contribution is 6.30. The molecule has 0 aliphatic rings. The fourth-order valence-corrected chi connectivity index (χ4v) is 3.46. The summed E-state index contributed by atoms with van der Waals surface area (Å²) in [6, 6.07) is 8.69. The lowest BCUT2D eigenvalue weighted by Crippen LogP contribution is -2.30. The van der Waals surface area contributed by atoms with E-state index in [4.69, 9.17) is 21.4 Å². The zero-order chi connectivity index (χ0) is 26.3. The van der Waals surface area contributed by atoms with Crippen molar-refractivity contribution in [2.75, 3.05) is 25.5 Å². The molecule has 8 nitrogen and oxygen atoms in total. The second-order valence-corrected chi connectivity index (χ2v) is 8.11. The van der Waals surface area contributed by atoms with E-state index in [9.17, 15) is 22.8 Å². The Balaban J connectivity index is 2.11. The van der Waals surface area contributed by atoms with E-state index < -0.39 is 17.8 Å². The molecule has 2 amide bonds. The summed E-state index contributed by atoms with van der Waals surface area (Å²) in [4.78, 5) is 33.5. The number of hydrogen-bond acceptors (Lipinski definition) is 6. The first-order valence-corrected chi connectivity index (χ1v) is 11.1. The molecule has 12 heteroatoms. The van der Waals surface area contributed by atoms with Crippen molar-refractivity contribution in [2.45, 2.75) is 19.0 Å². The maximum Gasteiger partial charge on any atom is 0.433 e. The molecular weight excluding hydrogens is 501 g/mol. The molecule has 0 fully saturated rings. The SMILES string of the molecule is CN(CCCO)C(=O)c1c(NC=O)ncc(Oc2ccc(C(F)(F)F)nc2)c1Cc1ccc(Cl)cc1. The van der Waals surface area contributed by atoms with E-state index in [1.807, 2.05) is 0 Å². The summed E-state index contributed by atoms with van der Waals surface area (Å²) in [5, 5.41) is 12.1. The number of anilines is 1. The molecule has 0 aliphatic carbocycles. The Bertz CT molecular complexity index is 1210. The van der Waals surface area contributed by atoms with Gasteiger partial charge >= 0.3 is 6.18 Å². The van der Waals surface area contributed by atoms with Crippen LogP contribution in [0.3, 0.4) is 0 Å². The summed E-state index contributed by atoms with van der Waals surface area (Å²) >= 11 is 5.98. The molecule has 3 aromatic rings. The number of benzene rings is 1. The Morgan fingerprint density at radius 1 is 1.17 bits per heavy atom. The van der Waals surface area contributed by atoms with E-state index in [0.717, 1.165) is 23.9 Å². The molecule has 2 aromatic heterocycles. The van der Waals surface area contributed by atoms with Gasteiger partial charge in [0.1, 0.15) is 23.0 Å². The molecule has 2 N–H and O–H groups in total. The Hall–Kier alpha value is -3.70. The van der Waals surface area contributed by atoms with Gasteiger partial charge in [-0.25, -0.2) is 9.97 Å². The lowest BCUT2D eigenvalue weighted by molar-refractivity contribution is -0.141. The average molecular weight is 523 g/mol. The molecule has 0 radical (unpaired) electrons. The zero-order valence-electron chi connectivity index (χ0n) is 19.1. The minimum absolute atomic E-state index is 0.00899. The molecule has 0 unspecified atom stereocenters. The molecule has 0 aliphatic heterocycles. The molecule has 0 bridgehead atoms. The third-order valence-corrected chi connectivity index (χ3v) is 5.36. The van der Waals surface area contributed by atoms with Gasteiger partial charge in [0.05, 0.1) is 18.0 Å². The van der Waals surface area contributed by atoms with Crippen LogP contribution in [-0.4, -0.2) is 52.5 Å². The first kappa shape index (κ1) is 26.9. The Morgan fingerprint density at radius 3 is 2.47 bits per heavy atom. The number of carbonyl (C=O) groups excluding carboxylic acids is 2. The normalized spacial score (nSPS) is 11.2. The van der Waals surface area contributed by atoms with E-state index in [2.05, 4.69) is 15.3 Å². The van der Waals surface area contributed by atoms with Gasteiger partial charge in [-0.1, -0.05) is 23.7 Å². The van der Waals surface area contributed by atoms with Crippen molar-refractivity contribution >= 4 is 29.7 Å². The van der Waals surface area contributed by atoms with Crippen molar-refractivity contribution in [2.24, 2.45) is 0 Å². The van der Waals surface area contributed by atoms with Gasteiger partial charge in [0, 0.05) is 37.2 Å². The monoisotopic (exact) mass is 522 g/mol. The number of carbonyl (C=O) groups is 2. The summed E-state index contributed by atoms with van der Waals surface area (Å²) in [6.07, 6.45) is -1.59. The predicted molar refractivity (Wildman–Crippen MR) is 126 cm³/mol. The van der Waals surface area contributed by atoms with Crippen LogP contribution in [0.15, 0.2) is 48.8 Å². The summed E-state index contributed by atoms with van der Waals surface area (Å²) < 4.78 is 44.5. The summed E-state index contributed by atoms with van der Waals surface area (Å²) in [5.74, 6) is -0.444. The third kappa shape index (κ3) is 6.70. The number of aliphatic hydroxyl groups excluding tert-OH is 1. The third-order valence-electron chi connectivity index (χ3n) is 5.10. The minimum Gasteiger partial charge on any atom is -0.454 e. The molecule has 2 heterocycles. The van der Waals surface area contributed by atoms with Crippen molar-refractivity contribution in [1.29, 1.82) is 0 Å². The van der Waals surface area contributed by atoms with Crippen LogP contribution in [0.4, 0.5) is 19.0 Å². The van der Waals surface area contributed by atoms with Crippen LogP contribution in [0.25, 0.3) is 0 Å². The van der Waals surface area contributed by atoms with Crippen LogP contribution in [0.5, 0.6) is 11.5 Å². The van der Waals surface area contributed by atoms with Crippen molar-refractivity contribution in [3.05, 3.63) is 76.2 Å². The van der Waals surface area contributed by atoms with Crippen molar-refractivity contribution in [1.82, 2.24) is 14.9 Å². The lowest BCUT2D eigenvalue weighted by Gasteiger charge is -2.22. The zero-order valence-corrected chi connectivity index (χ0v) is 19.8. The summed E-state index contributed by atoms with van der Waals surface area (Å²) in [7, 11) is 1.53. The molecule has 0 spiro atoms. The number of hydrogen-bond donors (Lipinski definition) is 2. The summed E-state index contributed by atoms with van der Waals surface area (Å²) in [6.45, 7) is 0.0984. The lowest BCUT2D eigenvalue weighted by atomic mass is 9.98. The molecule has 36 heavy (non-hydrogen) atoms. The maximum atomic E-state index is 13.4. The van der Waals surface area contributed by atoms with Crippen LogP contribution in [0.1, 0.15) is 33.6 Å². The number of halogens is 4. The maximum absolute atomic E-state index is 13.4. The molecule has 0 saturated heterocycles. The molecule has 0 atom stereocenters. The standard InChI is InChI=1S/C24H22ClF3N4O4/c1-32(9-2-10-33)23(35)21-18(11-15-3-5-16(25)6-4-15)19(13-30-22(21)31-14-34)36-17-7-8-20(29-12-17)24(26,27)28/h3-8,12-14,33H,2,9-11H2,1H3,(H,30,31,34). The van der Waals surface area contributed by atoms with Crippen molar-refractivity contribution in [3.63, 3.8) is 0 Å². The van der Waals surface area contributed by atoms with Gasteiger partial charge in [-0.15, -0.1) is 0 Å². The van der Waals surface area contributed by atoms with Gasteiger partial charge in [-0.3, -0.25) is 9.59 Å². The van der Waals surface area contributed by atoms with E-state index in [0.29, 0.717) is 23.4 Å². The quantitative estimate of drug-likeness (QED) is 0.378.